The number of hydrogen-bond acceptors (Lipinski definition) is 3. The van der Waals surface area contributed by atoms with Crippen molar-refractivity contribution in [3.63, 3.8) is 0 Å². The molecule has 1 N–H and O–H groups in total. The number of rotatable bonds is 4. The van der Waals surface area contributed by atoms with Gasteiger partial charge in [0, 0.05) is 23.3 Å². The lowest BCUT2D eigenvalue weighted by Crippen LogP contribution is -2.56. The molecule has 0 bridgehead atoms. The number of ether oxygens (including phenoxy) is 1. The normalized spacial score (nSPS) is 14.6. The van der Waals surface area contributed by atoms with Crippen molar-refractivity contribution in [2.75, 3.05) is 13.1 Å². The van der Waals surface area contributed by atoms with Crippen molar-refractivity contribution in [3.05, 3.63) is 59.4 Å². The summed E-state index contributed by atoms with van der Waals surface area (Å²) >= 11 is 6.03. The lowest BCUT2D eigenvalue weighted by molar-refractivity contribution is -0.139. The number of aromatic nitrogens is 2. The largest absolute Gasteiger partial charge is 0.470 e. The fraction of sp³-hybridized carbons (Fsp3) is 0.222. The van der Waals surface area contributed by atoms with E-state index in [2.05, 4.69) is 9.97 Å². The topological polar surface area (TPSA) is 58.2 Å². The summed E-state index contributed by atoms with van der Waals surface area (Å²) in [5.74, 6) is 0.527. The number of benzene rings is 1. The molecular weight excluding hydrogens is 326 g/mol. The van der Waals surface area contributed by atoms with E-state index in [1.165, 1.54) is 0 Å². The molecule has 0 aliphatic carbocycles. The number of carbonyl (C=O) groups excluding carboxylic acids is 1. The first kappa shape index (κ1) is 15.0. The molecule has 1 aliphatic rings. The number of pyridine rings is 1. The van der Waals surface area contributed by atoms with Crippen LogP contribution >= 0.6 is 11.6 Å². The van der Waals surface area contributed by atoms with Crippen LogP contribution in [0.15, 0.2) is 48.8 Å². The summed E-state index contributed by atoms with van der Waals surface area (Å²) in [6, 6.07) is 11.5. The highest BCUT2D eigenvalue weighted by molar-refractivity contribution is 6.31. The highest BCUT2D eigenvalue weighted by Crippen LogP contribution is 2.25. The van der Waals surface area contributed by atoms with Crippen LogP contribution in [0.25, 0.3) is 10.9 Å². The Kier molecular flexibility index (Phi) is 3.86. The van der Waals surface area contributed by atoms with Gasteiger partial charge in [0.2, 0.25) is 11.8 Å². The summed E-state index contributed by atoms with van der Waals surface area (Å²) in [6.45, 7) is 1.13. The van der Waals surface area contributed by atoms with Crippen molar-refractivity contribution in [3.8, 4) is 5.88 Å². The van der Waals surface area contributed by atoms with Crippen LogP contribution in [0.5, 0.6) is 5.88 Å². The third kappa shape index (κ3) is 2.83. The molecule has 5 nitrogen and oxygen atoms in total. The number of H-pyrrole nitrogens is 1. The molecule has 1 saturated heterocycles. The molecule has 24 heavy (non-hydrogen) atoms. The smallest absolute Gasteiger partial charge is 0.232 e. The van der Waals surface area contributed by atoms with E-state index in [4.69, 9.17) is 16.3 Å². The molecule has 0 atom stereocenters. The van der Waals surface area contributed by atoms with Gasteiger partial charge in [0.1, 0.15) is 11.1 Å². The summed E-state index contributed by atoms with van der Waals surface area (Å²) in [5, 5.41) is 1.58. The Balaban J connectivity index is 1.35. The minimum atomic E-state index is -0.0516. The summed E-state index contributed by atoms with van der Waals surface area (Å²) in [6.07, 6.45) is 3.88. The SMILES string of the molecule is O=C(Cc1c[nH]c2ccccc12)N1CC(Oc2ncccc2Cl)C1. The van der Waals surface area contributed by atoms with Gasteiger partial charge >= 0.3 is 0 Å². The average Bonchev–Trinajstić information content (AvgIpc) is 2.95. The van der Waals surface area contributed by atoms with Gasteiger partial charge in [0.15, 0.2) is 0 Å². The number of nitrogens with zero attached hydrogens (tertiary/aromatic N) is 2. The molecule has 0 saturated carbocycles. The Morgan fingerprint density at radius 3 is 2.96 bits per heavy atom. The number of nitrogens with one attached hydrogen (secondary N) is 1. The molecule has 1 aromatic carbocycles. The molecule has 1 aliphatic heterocycles. The van der Waals surface area contributed by atoms with Crippen molar-refractivity contribution < 1.29 is 9.53 Å². The highest BCUT2D eigenvalue weighted by Gasteiger charge is 2.33. The van der Waals surface area contributed by atoms with Crippen LogP contribution in [-0.4, -0.2) is 40.0 Å². The van der Waals surface area contributed by atoms with Gasteiger partial charge in [-0.1, -0.05) is 29.8 Å². The second-order valence-corrected chi connectivity index (χ2v) is 6.27. The minimum Gasteiger partial charge on any atom is -0.470 e. The summed E-state index contributed by atoms with van der Waals surface area (Å²) in [7, 11) is 0. The van der Waals surface area contributed by atoms with Crippen molar-refractivity contribution in [1.82, 2.24) is 14.9 Å². The predicted octanol–water partition coefficient (Wildman–Crippen LogP) is 3.05. The first-order valence-corrected chi connectivity index (χ1v) is 8.18. The van der Waals surface area contributed by atoms with Crippen molar-refractivity contribution in [1.29, 1.82) is 0 Å². The van der Waals surface area contributed by atoms with Gasteiger partial charge in [-0.15, -0.1) is 0 Å². The standard InChI is InChI=1S/C18H16ClN3O2/c19-15-5-3-7-20-18(15)24-13-10-22(11-13)17(23)8-12-9-21-16-6-2-1-4-14(12)16/h1-7,9,13,21H,8,10-11H2. The molecule has 3 aromatic rings. The van der Waals surface area contributed by atoms with Crippen LogP contribution in [0.3, 0.4) is 0 Å². The number of aromatic amines is 1. The fourth-order valence-electron chi connectivity index (χ4n) is 2.88. The van der Waals surface area contributed by atoms with Crippen LogP contribution in [0, 0.1) is 0 Å². The lowest BCUT2D eigenvalue weighted by Gasteiger charge is -2.38. The van der Waals surface area contributed by atoms with E-state index in [0.29, 0.717) is 30.4 Å². The van der Waals surface area contributed by atoms with Gasteiger partial charge in [0.05, 0.1) is 19.5 Å². The van der Waals surface area contributed by atoms with Gasteiger partial charge in [-0.05, 0) is 23.8 Å². The molecular formula is C18H16ClN3O2. The maximum absolute atomic E-state index is 12.4. The van der Waals surface area contributed by atoms with Gasteiger partial charge in [-0.25, -0.2) is 4.98 Å². The van der Waals surface area contributed by atoms with Gasteiger partial charge < -0.3 is 14.6 Å². The first-order valence-electron chi connectivity index (χ1n) is 7.80. The maximum Gasteiger partial charge on any atom is 0.232 e. The van der Waals surface area contributed by atoms with Gasteiger partial charge in [-0.2, -0.15) is 0 Å². The van der Waals surface area contributed by atoms with Crippen LogP contribution in [-0.2, 0) is 11.2 Å². The Morgan fingerprint density at radius 1 is 1.29 bits per heavy atom. The lowest BCUT2D eigenvalue weighted by atomic mass is 10.1. The highest BCUT2D eigenvalue weighted by atomic mass is 35.5. The third-order valence-electron chi connectivity index (χ3n) is 4.22. The minimum absolute atomic E-state index is 0.0516. The Hall–Kier alpha value is -2.53. The molecule has 0 radical (unpaired) electrons. The van der Waals surface area contributed by atoms with Crippen molar-refractivity contribution in [2.24, 2.45) is 0 Å². The molecule has 2 aromatic heterocycles. The molecule has 3 heterocycles. The van der Waals surface area contributed by atoms with E-state index in [1.54, 1.807) is 23.2 Å². The van der Waals surface area contributed by atoms with E-state index >= 15 is 0 Å². The monoisotopic (exact) mass is 341 g/mol. The zero-order valence-corrected chi connectivity index (χ0v) is 13.7. The van der Waals surface area contributed by atoms with Gasteiger partial charge in [-0.3, -0.25) is 4.79 Å². The number of amides is 1. The number of hydrogen-bond donors (Lipinski definition) is 1. The van der Waals surface area contributed by atoms with E-state index in [9.17, 15) is 4.79 Å². The summed E-state index contributed by atoms with van der Waals surface area (Å²) in [4.78, 5) is 21.5. The average molecular weight is 342 g/mol. The molecule has 1 fully saturated rings. The quantitative estimate of drug-likeness (QED) is 0.793. The summed E-state index contributed by atoms with van der Waals surface area (Å²) < 4.78 is 5.72. The van der Waals surface area contributed by atoms with Gasteiger partial charge in [0.25, 0.3) is 0 Å². The van der Waals surface area contributed by atoms with Crippen LogP contribution in [0.4, 0.5) is 0 Å². The molecule has 0 unspecified atom stereocenters. The van der Waals surface area contributed by atoms with Crippen molar-refractivity contribution >= 4 is 28.4 Å². The Labute approximate surface area is 144 Å². The van der Waals surface area contributed by atoms with Crippen LogP contribution in [0.2, 0.25) is 5.02 Å². The molecule has 4 rings (SSSR count). The van der Waals surface area contributed by atoms with E-state index in [-0.39, 0.29) is 12.0 Å². The van der Waals surface area contributed by atoms with Crippen LogP contribution < -0.4 is 4.74 Å². The zero-order chi connectivity index (χ0) is 16.5. The maximum atomic E-state index is 12.4. The fourth-order valence-corrected chi connectivity index (χ4v) is 3.05. The zero-order valence-electron chi connectivity index (χ0n) is 12.9. The molecule has 6 heteroatoms. The number of halogens is 1. The molecule has 122 valence electrons. The number of likely N-dealkylation sites (tertiary alicyclic amines) is 1. The number of fused-ring (bicyclic) bond motifs is 1. The Morgan fingerprint density at radius 2 is 2.12 bits per heavy atom. The predicted molar refractivity (Wildman–Crippen MR) is 92.2 cm³/mol. The summed E-state index contributed by atoms with van der Waals surface area (Å²) in [5.41, 5.74) is 2.07. The number of carbonyl (C=O) groups is 1. The second-order valence-electron chi connectivity index (χ2n) is 5.87. The van der Waals surface area contributed by atoms with E-state index < -0.39 is 0 Å². The Bertz CT molecular complexity index is 887. The van der Waals surface area contributed by atoms with Crippen LogP contribution in [0.1, 0.15) is 5.56 Å². The number of para-hydroxylation sites is 1. The third-order valence-corrected chi connectivity index (χ3v) is 4.51. The van der Waals surface area contributed by atoms with E-state index in [0.717, 1.165) is 16.5 Å². The molecule has 0 spiro atoms. The second kappa shape index (κ2) is 6.17. The van der Waals surface area contributed by atoms with E-state index in [1.807, 2.05) is 30.5 Å². The first-order chi connectivity index (χ1) is 11.7. The molecule has 1 amide bonds. The van der Waals surface area contributed by atoms with Crippen molar-refractivity contribution in [2.45, 2.75) is 12.5 Å².